The smallest absolute Gasteiger partial charge is 0.0407 e. The molecule has 12 heavy (non-hydrogen) atoms. The van der Waals surface area contributed by atoms with Gasteiger partial charge in [-0.1, -0.05) is 13.8 Å². The van der Waals surface area contributed by atoms with Gasteiger partial charge in [0.1, 0.15) is 0 Å². The highest BCUT2D eigenvalue weighted by atomic mass is 79.9. The highest BCUT2D eigenvalue weighted by Crippen LogP contribution is 2.24. The second-order valence-electron chi connectivity index (χ2n) is 3.20. The normalized spacial score (nSPS) is 13.8. The Morgan fingerprint density at radius 1 is 1.58 bits per heavy atom. The molecule has 0 aliphatic carbocycles. The first-order chi connectivity index (χ1) is 5.59. The van der Waals surface area contributed by atoms with E-state index < -0.39 is 0 Å². The highest BCUT2D eigenvalue weighted by molar-refractivity contribution is 9.10. The summed E-state index contributed by atoms with van der Waals surface area (Å²) in [6.45, 7) is 4.31. The fraction of sp³-hybridized carbons (Fsp3) is 0.556. The van der Waals surface area contributed by atoms with Crippen LogP contribution in [0, 0.1) is 5.92 Å². The quantitative estimate of drug-likeness (QED) is 0.716. The van der Waals surface area contributed by atoms with Gasteiger partial charge in [-0.05, 0) is 34.3 Å². The van der Waals surface area contributed by atoms with E-state index in [1.54, 1.807) is 11.3 Å². The summed E-state index contributed by atoms with van der Waals surface area (Å²) in [6, 6.07) is 2.14. The third-order valence-electron chi connectivity index (χ3n) is 1.74. The number of alkyl halides is 1. The maximum absolute atomic E-state index is 6.15. The minimum Gasteiger partial charge on any atom is -0.148 e. The molecule has 0 radical (unpaired) electrons. The lowest BCUT2D eigenvalue weighted by atomic mass is 10.1. The SMILES string of the molecule is CC(C)C(Cl)Cc1cc(Br)cs1. The Labute approximate surface area is 91.1 Å². The van der Waals surface area contributed by atoms with Crippen molar-refractivity contribution in [1.82, 2.24) is 0 Å². The van der Waals surface area contributed by atoms with Crippen LogP contribution >= 0.6 is 38.9 Å². The number of thiophene rings is 1. The molecule has 0 fully saturated rings. The number of rotatable bonds is 3. The zero-order valence-electron chi connectivity index (χ0n) is 7.18. The molecular weight excluding hydrogens is 256 g/mol. The lowest BCUT2D eigenvalue weighted by molar-refractivity contribution is 0.599. The molecule has 1 unspecified atom stereocenters. The van der Waals surface area contributed by atoms with Crippen molar-refractivity contribution >= 4 is 38.9 Å². The zero-order valence-corrected chi connectivity index (χ0v) is 10.3. The Kier molecular flexibility index (Phi) is 4.08. The van der Waals surface area contributed by atoms with E-state index in [1.165, 1.54) is 4.88 Å². The first-order valence-corrected chi connectivity index (χ1v) is 6.07. The first kappa shape index (κ1) is 10.6. The molecule has 0 aliphatic heterocycles. The summed E-state index contributed by atoms with van der Waals surface area (Å²) in [6.07, 6.45) is 0.982. The van der Waals surface area contributed by atoms with Crippen LogP contribution in [0.4, 0.5) is 0 Å². The second-order valence-corrected chi connectivity index (χ2v) is 5.67. The van der Waals surface area contributed by atoms with Crippen LogP contribution in [0.25, 0.3) is 0 Å². The van der Waals surface area contributed by atoms with Crippen molar-refractivity contribution in [2.45, 2.75) is 25.6 Å². The molecule has 0 N–H and O–H groups in total. The van der Waals surface area contributed by atoms with Gasteiger partial charge in [0, 0.05) is 20.1 Å². The monoisotopic (exact) mass is 266 g/mol. The van der Waals surface area contributed by atoms with Crippen LogP contribution in [-0.4, -0.2) is 5.38 Å². The van der Waals surface area contributed by atoms with E-state index in [2.05, 4.69) is 41.2 Å². The summed E-state index contributed by atoms with van der Waals surface area (Å²) < 4.78 is 1.16. The molecule has 1 aromatic heterocycles. The van der Waals surface area contributed by atoms with Gasteiger partial charge in [-0.25, -0.2) is 0 Å². The van der Waals surface area contributed by atoms with Crippen LogP contribution in [-0.2, 0) is 6.42 Å². The van der Waals surface area contributed by atoms with E-state index in [4.69, 9.17) is 11.6 Å². The summed E-state index contributed by atoms with van der Waals surface area (Å²) in [7, 11) is 0. The highest BCUT2D eigenvalue weighted by Gasteiger charge is 2.11. The molecule has 0 saturated carbocycles. The molecule has 1 heterocycles. The van der Waals surface area contributed by atoms with Crippen LogP contribution in [0.3, 0.4) is 0 Å². The first-order valence-electron chi connectivity index (χ1n) is 3.96. The standard InChI is InChI=1S/C9H12BrClS/c1-6(2)9(11)4-8-3-7(10)5-12-8/h3,5-6,9H,4H2,1-2H3. The molecular formula is C9H12BrClS. The maximum Gasteiger partial charge on any atom is 0.0407 e. The molecule has 0 saturated heterocycles. The van der Waals surface area contributed by atoms with Crippen LogP contribution < -0.4 is 0 Å². The van der Waals surface area contributed by atoms with Crippen molar-refractivity contribution in [2.75, 3.05) is 0 Å². The molecule has 0 aliphatic rings. The predicted molar refractivity (Wildman–Crippen MR) is 60.2 cm³/mol. The van der Waals surface area contributed by atoms with Gasteiger partial charge in [-0.15, -0.1) is 22.9 Å². The average Bonchev–Trinajstić information content (AvgIpc) is 2.35. The number of hydrogen-bond acceptors (Lipinski definition) is 1. The molecule has 3 heteroatoms. The van der Waals surface area contributed by atoms with Crippen molar-refractivity contribution in [1.29, 1.82) is 0 Å². The second kappa shape index (κ2) is 4.64. The van der Waals surface area contributed by atoms with Crippen molar-refractivity contribution < 1.29 is 0 Å². The molecule has 0 aromatic carbocycles. The van der Waals surface area contributed by atoms with Gasteiger partial charge in [0.05, 0.1) is 0 Å². The van der Waals surface area contributed by atoms with E-state index in [1.807, 2.05) is 0 Å². The minimum atomic E-state index is 0.260. The van der Waals surface area contributed by atoms with Crippen molar-refractivity contribution in [2.24, 2.45) is 5.92 Å². The maximum atomic E-state index is 6.15. The Morgan fingerprint density at radius 3 is 2.67 bits per heavy atom. The molecule has 68 valence electrons. The van der Waals surface area contributed by atoms with Crippen LogP contribution in [0.15, 0.2) is 15.9 Å². The minimum absolute atomic E-state index is 0.260. The van der Waals surface area contributed by atoms with E-state index in [9.17, 15) is 0 Å². The van der Waals surface area contributed by atoms with E-state index in [0.29, 0.717) is 5.92 Å². The molecule has 0 bridgehead atoms. The summed E-state index contributed by atoms with van der Waals surface area (Å²) in [4.78, 5) is 1.36. The van der Waals surface area contributed by atoms with Gasteiger partial charge in [-0.2, -0.15) is 0 Å². The largest absolute Gasteiger partial charge is 0.148 e. The summed E-state index contributed by atoms with van der Waals surface area (Å²) in [5, 5.41) is 2.36. The van der Waals surface area contributed by atoms with E-state index in [-0.39, 0.29) is 5.38 Å². The van der Waals surface area contributed by atoms with E-state index in [0.717, 1.165) is 10.9 Å². The van der Waals surface area contributed by atoms with Gasteiger partial charge in [0.2, 0.25) is 0 Å². The Morgan fingerprint density at radius 2 is 2.25 bits per heavy atom. The summed E-state index contributed by atoms with van der Waals surface area (Å²) in [5.41, 5.74) is 0. The fourth-order valence-electron chi connectivity index (χ4n) is 0.889. The average molecular weight is 268 g/mol. The molecule has 0 amide bonds. The summed E-state index contributed by atoms with van der Waals surface area (Å²) in [5.74, 6) is 0.549. The van der Waals surface area contributed by atoms with Crippen LogP contribution in [0.2, 0.25) is 0 Å². The van der Waals surface area contributed by atoms with Crippen LogP contribution in [0.5, 0.6) is 0 Å². The third kappa shape index (κ3) is 3.08. The van der Waals surface area contributed by atoms with Crippen molar-refractivity contribution in [3.8, 4) is 0 Å². The molecule has 1 rings (SSSR count). The topological polar surface area (TPSA) is 0 Å². The van der Waals surface area contributed by atoms with E-state index >= 15 is 0 Å². The summed E-state index contributed by atoms with van der Waals surface area (Å²) >= 11 is 11.3. The Balaban J connectivity index is 2.52. The van der Waals surface area contributed by atoms with Gasteiger partial charge in [0.25, 0.3) is 0 Å². The Hall–Kier alpha value is 0.470. The van der Waals surface area contributed by atoms with Crippen LogP contribution in [0.1, 0.15) is 18.7 Å². The number of hydrogen-bond donors (Lipinski definition) is 0. The zero-order chi connectivity index (χ0) is 9.14. The van der Waals surface area contributed by atoms with Crippen molar-refractivity contribution in [3.05, 3.63) is 20.8 Å². The molecule has 1 atom stereocenters. The van der Waals surface area contributed by atoms with Gasteiger partial charge >= 0.3 is 0 Å². The third-order valence-corrected chi connectivity index (χ3v) is 4.12. The lowest BCUT2D eigenvalue weighted by Crippen LogP contribution is -2.09. The van der Waals surface area contributed by atoms with Gasteiger partial charge in [0.15, 0.2) is 0 Å². The number of halogens is 2. The van der Waals surface area contributed by atoms with Crippen molar-refractivity contribution in [3.63, 3.8) is 0 Å². The molecule has 0 spiro atoms. The Bertz CT molecular complexity index is 244. The fourth-order valence-corrected chi connectivity index (χ4v) is 2.66. The predicted octanol–water partition coefficient (Wildman–Crippen LogP) is 4.32. The lowest BCUT2D eigenvalue weighted by Gasteiger charge is -2.10. The molecule has 1 aromatic rings. The van der Waals surface area contributed by atoms with Gasteiger partial charge in [-0.3, -0.25) is 0 Å². The van der Waals surface area contributed by atoms with Gasteiger partial charge < -0.3 is 0 Å². The molecule has 0 nitrogen and oxygen atoms in total.